The third-order valence-corrected chi connectivity index (χ3v) is 6.17. The van der Waals surface area contributed by atoms with Crippen molar-refractivity contribution in [1.29, 1.82) is 10.8 Å². The minimum atomic E-state index is -0.0698. The van der Waals surface area contributed by atoms with Crippen molar-refractivity contribution in [2.45, 2.75) is 12.3 Å². The summed E-state index contributed by atoms with van der Waals surface area (Å²) in [6.45, 7) is 0. The van der Waals surface area contributed by atoms with E-state index in [9.17, 15) is 0 Å². The molecule has 32 heavy (non-hydrogen) atoms. The van der Waals surface area contributed by atoms with E-state index in [1.807, 2.05) is 36.4 Å². The van der Waals surface area contributed by atoms with Crippen LogP contribution in [0.5, 0.6) is 0 Å². The molecular weight excluding hydrogens is 388 g/mol. The Morgan fingerprint density at radius 1 is 0.500 bits per heavy atom. The lowest BCUT2D eigenvalue weighted by molar-refractivity contribution is 0.904. The lowest BCUT2D eigenvalue weighted by Gasteiger charge is -2.25. The van der Waals surface area contributed by atoms with E-state index in [1.165, 1.54) is 16.7 Å². The zero-order chi connectivity index (χ0) is 21.9. The van der Waals surface area contributed by atoms with Gasteiger partial charge in [0.2, 0.25) is 0 Å². The van der Waals surface area contributed by atoms with Crippen LogP contribution in [-0.4, -0.2) is 11.4 Å². The molecule has 0 fully saturated rings. The fourth-order valence-electron chi connectivity index (χ4n) is 4.35. The van der Waals surface area contributed by atoms with Crippen LogP contribution in [0.1, 0.15) is 23.5 Å². The van der Waals surface area contributed by atoms with E-state index in [0.29, 0.717) is 11.4 Å². The second-order valence-electron chi connectivity index (χ2n) is 8.13. The fourth-order valence-corrected chi connectivity index (χ4v) is 4.35. The average Bonchev–Trinajstić information content (AvgIpc) is 2.87. The van der Waals surface area contributed by atoms with Gasteiger partial charge in [-0.3, -0.25) is 5.41 Å². The second-order valence-corrected chi connectivity index (χ2v) is 8.13. The first-order chi connectivity index (χ1) is 15.7. The third kappa shape index (κ3) is 3.83. The van der Waals surface area contributed by atoms with Crippen molar-refractivity contribution < 1.29 is 0 Å². The number of hydrogen-bond acceptors (Lipinski definition) is 2. The molecule has 4 aromatic carbocycles. The van der Waals surface area contributed by atoms with Crippen LogP contribution in [-0.2, 0) is 0 Å². The average molecular weight is 413 g/mol. The van der Waals surface area contributed by atoms with Gasteiger partial charge in [0.1, 0.15) is 0 Å². The largest absolute Gasteiger partial charge is 0.302 e. The maximum Gasteiger partial charge on any atom is 0.0829 e. The van der Waals surface area contributed by atoms with Gasteiger partial charge < -0.3 is 5.41 Å². The summed E-state index contributed by atoms with van der Waals surface area (Å²) in [5.74, 6) is -0.0698. The van der Waals surface area contributed by atoms with Crippen molar-refractivity contribution in [1.82, 2.24) is 0 Å². The SMILES string of the molecule is N=C1C(=N)C(c2ccc(-c3ccccc3)cc2)CC=C1c1ccc(-c2ccccc2)cc1. The molecule has 2 heteroatoms. The summed E-state index contributed by atoms with van der Waals surface area (Å²) in [6.07, 6.45) is 2.86. The van der Waals surface area contributed by atoms with E-state index >= 15 is 0 Å². The quantitative estimate of drug-likeness (QED) is 0.346. The van der Waals surface area contributed by atoms with Gasteiger partial charge >= 0.3 is 0 Å². The Labute approximate surface area is 188 Å². The molecular formula is C30H24N2. The molecule has 0 amide bonds. The monoisotopic (exact) mass is 412 g/mol. The molecule has 0 spiro atoms. The summed E-state index contributed by atoms with van der Waals surface area (Å²) in [7, 11) is 0. The zero-order valence-electron chi connectivity index (χ0n) is 17.8. The predicted molar refractivity (Wildman–Crippen MR) is 135 cm³/mol. The zero-order valence-corrected chi connectivity index (χ0v) is 17.8. The van der Waals surface area contributed by atoms with Gasteiger partial charge in [-0.2, -0.15) is 0 Å². The Morgan fingerprint density at radius 2 is 0.938 bits per heavy atom. The number of hydrogen-bond donors (Lipinski definition) is 2. The molecule has 0 heterocycles. The Balaban J connectivity index is 1.37. The number of rotatable bonds is 4. The van der Waals surface area contributed by atoms with Crippen LogP contribution in [0.3, 0.4) is 0 Å². The molecule has 4 aromatic rings. The van der Waals surface area contributed by atoms with Gasteiger partial charge in [-0.1, -0.05) is 115 Å². The van der Waals surface area contributed by atoms with Gasteiger partial charge in [-0.25, -0.2) is 0 Å². The molecule has 5 rings (SSSR count). The van der Waals surface area contributed by atoms with E-state index in [0.717, 1.165) is 28.7 Å². The van der Waals surface area contributed by atoms with Gasteiger partial charge in [0, 0.05) is 11.5 Å². The number of allylic oxidation sites excluding steroid dienone is 2. The van der Waals surface area contributed by atoms with Crippen molar-refractivity contribution in [2.75, 3.05) is 0 Å². The lowest BCUT2D eigenvalue weighted by atomic mass is 9.79. The molecule has 154 valence electrons. The molecule has 1 atom stereocenters. The number of nitrogens with one attached hydrogen (secondary N) is 2. The Kier molecular flexibility index (Phi) is 5.35. The van der Waals surface area contributed by atoms with Crippen LogP contribution in [0, 0.1) is 10.8 Å². The van der Waals surface area contributed by atoms with Gasteiger partial charge in [0.25, 0.3) is 0 Å². The maximum absolute atomic E-state index is 8.70. The molecule has 0 bridgehead atoms. The van der Waals surface area contributed by atoms with Crippen molar-refractivity contribution in [3.05, 3.63) is 126 Å². The Morgan fingerprint density at radius 3 is 1.47 bits per heavy atom. The first kappa shape index (κ1) is 19.9. The molecule has 0 saturated heterocycles. The predicted octanol–water partition coefficient (Wildman–Crippen LogP) is 7.63. The van der Waals surface area contributed by atoms with Crippen LogP contribution >= 0.6 is 0 Å². The highest BCUT2D eigenvalue weighted by Gasteiger charge is 2.27. The Hall–Kier alpha value is -4.04. The topological polar surface area (TPSA) is 47.7 Å². The summed E-state index contributed by atoms with van der Waals surface area (Å²) >= 11 is 0. The highest BCUT2D eigenvalue weighted by Crippen LogP contribution is 2.33. The highest BCUT2D eigenvalue weighted by atomic mass is 14.6. The smallest absolute Gasteiger partial charge is 0.0829 e. The van der Waals surface area contributed by atoms with Crippen LogP contribution in [0.2, 0.25) is 0 Å². The summed E-state index contributed by atoms with van der Waals surface area (Å²) in [5, 5.41) is 17.4. The molecule has 1 aliphatic rings. The summed E-state index contributed by atoms with van der Waals surface area (Å²) in [6, 6.07) is 37.3. The lowest BCUT2D eigenvalue weighted by Crippen LogP contribution is -2.25. The Bertz CT molecular complexity index is 1280. The van der Waals surface area contributed by atoms with Gasteiger partial charge in [0.15, 0.2) is 0 Å². The number of benzene rings is 4. The van der Waals surface area contributed by atoms with Gasteiger partial charge in [-0.15, -0.1) is 0 Å². The molecule has 0 aliphatic heterocycles. The van der Waals surface area contributed by atoms with Gasteiger partial charge in [0.05, 0.1) is 11.4 Å². The van der Waals surface area contributed by atoms with Crippen LogP contribution in [0.15, 0.2) is 115 Å². The summed E-state index contributed by atoms with van der Waals surface area (Å²) in [4.78, 5) is 0. The normalized spacial score (nSPS) is 16.0. The van der Waals surface area contributed by atoms with Crippen LogP contribution in [0.25, 0.3) is 27.8 Å². The van der Waals surface area contributed by atoms with E-state index in [-0.39, 0.29) is 5.92 Å². The first-order valence-electron chi connectivity index (χ1n) is 10.9. The van der Waals surface area contributed by atoms with Crippen LogP contribution in [0.4, 0.5) is 0 Å². The molecule has 2 N–H and O–H groups in total. The standard InChI is InChI=1S/C30H24N2/c31-29-27(25-15-11-23(12-16-25)21-7-3-1-4-8-21)19-20-28(30(29)32)26-17-13-24(14-18-26)22-9-5-2-6-10-22/h1-19,28,31-32H,20H2. The molecule has 1 unspecified atom stereocenters. The molecule has 2 nitrogen and oxygen atoms in total. The minimum Gasteiger partial charge on any atom is -0.302 e. The molecule has 1 aliphatic carbocycles. The fraction of sp³-hybridized carbons (Fsp3) is 0.0667. The minimum absolute atomic E-state index is 0.0698. The van der Waals surface area contributed by atoms with E-state index in [2.05, 4.69) is 78.9 Å². The van der Waals surface area contributed by atoms with E-state index in [1.54, 1.807) is 0 Å². The third-order valence-electron chi connectivity index (χ3n) is 6.17. The summed E-state index contributed by atoms with van der Waals surface area (Å²) in [5.41, 5.74) is 8.34. The summed E-state index contributed by atoms with van der Waals surface area (Å²) < 4.78 is 0. The van der Waals surface area contributed by atoms with Gasteiger partial charge in [-0.05, 0) is 39.8 Å². The van der Waals surface area contributed by atoms with E-state index < -0.39 is 0 Å². The van der Waals surface area contributed by atoms with Crippen LogP contribution < -0.4 is 0 Å². The first-order valence-corrected chi connectivity index (χ1v) is 10.9. The molecule has 0 saturated carbocycles. The second kappa shape index (κ2) is 8.60. The molecule has 0 aromatic heterocycles. The highest BCUT2D eigenvalue weighted by molar-refractivity contribution is 6.58. The van der Waals surface area contributed by atoms with Crippen molar-refractivity contribution in [2.24, 2.45) is 0 Å². The van der Waals surface area contributed by atoms with Crippen molar-refractivity contribution in [3.8, 4) is 22.3 Å². The maximum atomic E-state index is 8.70. The van der Waals surface area contributed by atoms with E-state index in [4.69, 9.17) is 10.8 Å². The van der Waals surface area contributed by atoms with Crippen molar-refractivity contribution >= 4 is 17.0 Å². The molecule has 0 radical (unpaired) electrons. The van der Waals surface area contributed by atoms with Crippen molar-refractivity contribution in [3.63, 3.8) is 0 Å².